The number of hydrogen-bond donors (Lipinski definition) is 0. The molecule has 0 unspecified atom stereocenters. The maximum absolute atomic E-state index is 12.1. The molecule has 0 fully saturated rings. The van der Waals surface area contributed by atoms with Crippen molar-refractivity contribution in [3.05, 3.63) is 41.2 Å². The predicted molar refractivity (Wildman–Crippen MR) is 67.4 cm³/mol. The zero-order valence-electron chi connectivity index (χ0n) is 10.8. The minimum atomic E-state index is -0.0305. The highest BCUT2D eigenvalue weighted by molar-refractivity contribution is 5.95. The molecule has 0 aliphatic heterocycles. The summed E-state index contributed by atoms with van der Waals surface area (Å²) in [5.74, 6) is -0.0305. The first kappa shape index (κ1) is 12.4. The van der Waals surface area contributed by atoms with Gasteiger partial charge in [-0.25, -0.2) is 4.98 Å². The Morgan fingerprint density at radius 3 is 2.61 bits per heavy atom. The number of hydrogen-bond acceptors (Lipinski definition) is 4. The van der Waals surface area contributed by atoms with Gasteiger partial charge in [-0.2, -0.15) is 5.10 Å². The SMILES string of the molecule is CCn1nc(C)cc1CC(=O)c1cnc(C)cn1. The van der Waals surface area contributed by atoms with Crippen molar-refractivity contribution in [1.29, 1.82) is 0 Å². The summed E-state index contributed by atoms with van der Waals surface area (Å²) >= 11 is 0. The Bertz CT molecular complexity index is 557. The van der Waals surface area contributed by atoms with E-state index in [2.05, 4.69) is 15.1 Å². The molecule has 0 aromatic carbocycles. The van der Waals surface area contributed by atoms with Crippen LogP contribution in [0.4, 0.5) is 0 Å². The molecule has 0 amide bonds. The number of carbonyl (C=O) groups is 1. The molecule has 0 radical (unpaired) electrons. The van der Waals surface area contributed by atoms with Gasteiger partial charge in [0.15, 0.2) is 5.78 Å². The Morgan fingerprint density at radius 1 is 1.22 bits per heavy atom. The molecule has 2 rings (SSSR count). The maximum Gasteiger partial charge on any atom is 0.188 e. The summed E-state index contributed by atoms with van der Waals surface area (Å²) < 4.78 is 1.84. The number of aryl methyl sites for hydroxylation is 3. The second-order valence-corrected chi connectivity index (χ2v) is 4.24. The molecule has 2 aromatic heterocycles. The van der Waals surface area contributed by atoms with Crippen LogP contribution in [-0.2, 0) is 13.0 Å². The van der Waals surface area contributed by atoms with E-state index in [0.29, 0.717) is 12.1 Å². The molecular weight excluding hydrogens is 228 g/mol. The summed E-state index contributed by atoms with van der Waals surface area (Å²) in [6.45, 7) is 6.53. The van der Waals surface area contributed by atoms with Crippen molar-refractivity contribution in [3.63, 3.8) is 0 Å². The van der Waals surface area contributed by atoms with Gasteiger partial charge < -0.3 is 0 Å². The first-order valence-electron chi connectivity index (χ1n) is 5.95. The van der Waals surface area contributed by atoms with Gasteiger partial charge in [0, 0.05) is 18.4 Å². The van der Waals surface area contributed by atoms with Crippen molar-refractivity contribution >= 4 is 5.78 Å². The van der Waals surface area contributed by atoms with Crippen molar-refractivity contribution in [1.82, 2.24) is 19.7 Å². The quantitative estimate of drug-likeness (QED) is 0.768. The molecule has 0 aliphatic rings. The summed E-state index contributed by atoms with van der Waals surface area (Å²) in [6.07, 6.45) is 3.44. The Hall–Kier alpha value is -2.04. The largest absolute Gasteiger partial charge is 0.292 e. The smallest absolute Gasteiger partial charge is 0.188 e. The fourth-order valence-corrected chi connectivity index (χ4v) is 1.81. The fraction of sp³-hybridized carbons (Fsp3) is 0.385. The maximum atomic E-state index is 12.1. The highest BCUT2D eigenvalue weighted by Crippen LogP contribution is 2.08. The van der Waals surface area contributed by atoms with E-state index in [1.54, 1.807) is 6.20 Å². The van der Waals surface area contributed by atoms with Crippen molar-refractivity contribution in [3.8, 4) is 0 Å². The highest BCUT2D eigenvalue weighted by atomic mass is 16.1. The molecule has 5 nitrogen and oxygen atoms in total. The van der Waals surface area contributed by atoms with Crippen LogP contribution in [0.15, 0.2) is 18.5 Å². The van der Waals surface area contributed by atoms with Gasteiger partial charge in [0.1, 0.15) is 5.69 Å². The topological polar surface area (TPSA) is 60.7 Å². The highest BCUT2D eigenvalue weighted by Gasteiger charge is 2.12. The lowest BCUT2D eigenvalue weighted by Gasteiger charge is -2.03. The Labute approximate surface area is 106 Å². The van der Waals surface area contributed by atoms with Crippen LogP contribution in [-0.4, -0.2) is 25.5 Å². The van der Waals surface area contributed by atoms with Gasteiger partial charge in [-0.1, -0.05) is 0 Å². The van der Waals surface area contributed by atoms with Gasteiger partial charge in [-0.3, -0.25) is 14.5 Å². The fourth-order valence-electron chi connectivity index (χ4n) is 1.81. The van der Waals surface area contributed by atoms with Crippen molar-refractivity contribution in [2.45, 2.75) is 33.7 Å². The third kappa shape index (κ3) is 2.61. The molecule has 2 aromatic rings. The van der Waals surface area contributed by atoms with E-state index in [1.165, 1.54) is 6.20 Å². The van der Waals surface area contributed by atoms with Gasteiger partial charge in [0.2, 0.25) is 0 Å². The van der Waals surface area contributed by atoms with Crippen molar-refractivity contribution in [2.24, 2.45) is 0 Å². The third-order valence-electron chi connectivity index (χ3n) is 2.69. The van der Waals surface area contributed by atoms with E-state index >= 15 is 0 Å². The van der Waals surface area contributed by atoms with E-state index in [-0.39, 0.29) is 5.78 Å². The van der Waals surface area contributed by atoms with Crippen LogP contribution in [0.3, 0.4) is 0 Å². The van der Waals surface area contributed by atoms with E-state index in [0.717, 1.165) is 23.6 Å². The summed E-state index contributed by atoms with van der Waals surface area (Å²) in [4.78, 5) is 20.2. The molecule has 5 heteroatoms. The zero-order valence-corrected chi connectivity index (χ0v) is 10.8. The van der Waals surface area contributed by atoms with Crippen molar-refractivity contribution in [2.75, 3.05) is 0 Å². The average molecular weight is 244 g/mol. The number of Topliss-reactive ketones (excluding diaryl/α,β-unsaturated/α-hetero) is 1. The predicted octanol–water partition coefficient (Wildman–Crippen LogP) is 1.74. The minimum Gasteiger partial charge on any atom is -0.292 e. The van der Waals surface area contributed by atoms with Crippen LogP contribution in [0.1, 0.15) is 34.5 Å². The normalized spacial score (nSPS) is 10.6. The van der Waals surface area contributed by atoms with Gasteiger partial charge in [0.25, 0.3) is 0 Å². The molecule has 0 bridgehead atoms. The van der Waals surface area contributed by atoms with Crippen LogP contribution in [0, 0.1) is 13.8 Å². The average Bonchev–Trinajstić information content (AvgIpc) is 2.70. The van der Waals surface area contributed by atoms with Gasteiger partial charge in [-0.15, -0.1) is 0 Å². The molecular formula is C13H16N4O. The van der Waals surface area contributed by atoms with Crippen LogP contribution in [0.2, 0.25) is 0 Å². The molecule has 0 saturated heterocycles. The lowest BCUT2D eigenvalue weighted by Crippen LogP contribution is -2.11. The van der Waals surface area contributed by atoms with Crippen molar-refractivity contribution < 1.29 is 4.79 Å². The number of rotatable bonds is 4. The lowest BCUT2D eigenvalue weighted by molar-refractivity contribution is 0.0985. The zero-order chi connectivity index (χ0) is 13.1. The molecule has 0 N–H and O–H groups in total. The second-order valence-electron chi connectivity index (χ2n) is 4.24. The number of carbonyl (C=O) groups excluding carboxylic acids is 1. The lowest BCUT2D eigenvalue weighted by atomic mass is 10.1. The van der Waals surface area contributed by atoms with Gasteiger partial charge in [0.05, 0.1) is 24.0 Å². The first-order valence-corrected chi connectivity index (χ1v) is 5.95. The Morgan fingerprint density at radius 2 is 2.00 bits per heavy atom. The van der Waals surface area contributed by atoms with Gasteiger partial charge >= 0.3 is 0 Å². The molecule has 94 valence electrons. The first-order chi connectivity index (χ1) is 8.60. The third-order valence-corrected chi connectivity index (χ3v) is 2.69. The molecule has 0 aliphatic carbocycles. The minimum absolute atomic E-state index is 0.0305. The summed E-state index contributed by atoms with van der Waals surface area (Å²) in [7, 11) is 0. The van der Waals surface area contributed by atoms with Crippen LogP contribution < -0.4 is 0 Å². The molecule has 0 spiro atoms. The standard InChI is InChI=1S/C13H16N4O/c1-4-17-11(5-9(2)16-17)6-13(18)12-8-14-10(3)7-15-12/h5,7-8H,4,6H2,1-3H3. The second kappa shape index (κ2) is 5.08. The molecule has 0 saturated carbocycles. The Kier molecular flexibility index (Phi) is 3.50. The van der Waals surface area contributed by atoms with E-state index < -0.39 is 0 Å². The van der Waals surface area contributed by atoms with E-state index in [4.69, 9.17) is 0 Å². The number of aromatic nitrogens is 4. The van der Waals surface area contributed by atoms with Crippen LogP contribution in [0.25, 0.3) is 0 Å². The van der Waals surface area contributed by atoms with Crippen LogP contribution in [0.5, 0.6) is 0 Å². The van der Waals surface area contributed by atoms with Gasteiger partial charge in [-0.05, 0) is 26.8 Å². The molecule has 0 atom stereocenters. The molecule has 2 heterocycles. The van der Waals surface area contributed by atoms with E-state index in [1.807, 2.05) is 31.5 Å². The molecule has 18 heavy (non-hydrogen) atoms. The van der Waals surface area contributed by atoms with Crippen LogP contribution >= 0.6 is 0 Å². The Balaban J connectivity index is 2.18. The number of ketones is 1. The summed E-state index contributed by atoms with van der Waals surface area (Å²) in [5.41, 5.74) is 3.06. The van der Waals surface area contributed by atoms with E-state index in [9.17, 15) is 4.79 Å². The summed E-state index contributed by atoms with van der Waals surface area (Å²) in [5, 5.41) is 4.32. The summed E-state index contributed by atoms with van der Waals surface area (Å²) in [6, 6.07) is 1.93. The monoisotopic (exact) mass is 244 g/mol. The number of nitrogens with zero attached hydrogens (tertiary/aromatic N) is 4.